The second-order valence-corrected chi connectivity index (χ2v) is 36.8. The summed E-state index contributed by atoms with van der Waals surface area (Å²) in [7, 11) is 1.50. The van der Waals surface area contributed by atoms with Gasteiger partial charge in [-0.15, -0.1) is 11.8 Å². The average molecular weight is 1980 g/mol. The molecule has 5 aromatic carbocycles. The van der Waals surface area contributed by atoms with Gasteiger partial charge in [0.05, 0.1) is 41.3 Å². The van der Waals surface area contributed by atoms with Crippen molar-refractivity contribution < 1.29 is 144 Å². The molecule has 11 bridgehead atoms. The van der Waals surface area contributed by atoms with Crippen molar-refractivity contribution >= 4 is 129 Å². The van der Waals surface area contributed by atoms with Crippen molar-refractivity contribution in [1.82, 2.24) is 15.2 Å². The Balaban J connectivity index is 0.901. The molecule has 1 amide bonds. The highest BCUT2D eigenvalue weighted by Gasteiger charge is 2.56. The zero-order valence-electron chi connectivity index (χ0n) is 72.4. The third-order valence-electron chi connectivity index (χ3n) is 22.9. The number of phenols is 3. The molecule has 9 aliphatic rings. The summed E-state index contributed by atoms with van der Waals surface area (Å²) in [5.41, 5.74) is 1.93. The fourth-order valence-electron chi connectivity index (χ4n) is 16.1. The van der Waals surface area contributed by atoms with Gasteiger partial charge >= 0.3 is 5.97 Å². The molecule has 2 aromatic heterocycles. The van der Waals surface area contributed by atoms with E-state index in [1.54, 1.807) is 35.2 Å². The highest BCUT2D eigenvalue weighted by Crippen LogP contribution is 2.52. The number of nitrogens with one attached hydrogen (secondary N) is 4. The van der Waals surface area contributed by atoms with E-state index < -0.39 is 285 Å². The SMILES string of the molecule is CN[C@H](CC(C)C)C(O)=N[C@H]1C(O)=N[C@@H](CC(=N)O)C(O)=N[C@H]2C(O)=N[C@H]3C(O)=N[C@H](C(O)=NC(C(O)=NCCCON=C(C(O)=N[C@@H]4C(=O)N5C(C(=O)O)=C(C[n+]6ccccc6)CS[C@H]45)c4[nH]c(=N)sc4Cl)c4cc(O)cc(O)c4-c4cc3ccc4O)C(O)c3ccc(c(Cl)c3)Oc3cc2cc(c3O[C@@H]2O[C@H](CO)[C@@H](O)[C@H](O)[C@H]2O[C@H]2C[C@](C)(N)[C@H](O)[C@H](C)O2)Oc2ccc(cc2Cl)[C@H]1O. The zero-order chi connectivity index (χ0) is 98.1. The van der Waals surface area contributed by atoms with E-state index in [-0.39, 0.29) is 85.5 Å². The Morgan fingerprint density at radius 1 is 0.765 bits per heavy atom. The van der Waals surface area contributed by atoms with Gasteiger partial charge in [-0.05, 0) is 110 Å². The highest BCUT2D eigenvalue weighted by molar-refractivity contribution is 8.00. The van der Waals surface area contributed by atoms with Crippen molar-refractivity contribution in [2.75, 3.05) is 32.6 Å². The summed E-state index contributed by atoms with van der Waals surface area (Å²) in [4.78, 5) is 70.7. The Hall–Kier alpha value is -12.4. The van der Waals surface area contributed by atoms with E-state index in [1.165, 1.54) is 44.8 Å². The van der Waals surface area contributed by atoms with Gasteiger partial charge in [0.2, 0.25) is 53.3 Å². The lowest BCUT2D eigenvalue weighted by molar-refractivity contribution is -0.689. The number of thiazole rings is 1. The number of thioether (sulfide) groups is 1. The fraction of sp³-hybridized carbons (Fsp3) is 0.402. The van der Waals surface area contributed by atoms with Crippen molar-refractivity contribution in [2.24, 2.45) is 56.7 Å². The minimum atomic E-state index is -2.39. The van der Waals surface area contributed by atoms with E-state index >= 15 is 0 Å². The molecular weight excluding hydrogens is 1890 g/mol. The zero-order valence-corrected chi connectivity index (χ0v) is 76.3. The molecule has 25 N–H and O–H groups in total. The Kier molecular flexibility index (Phi) is 30.5. The fourth-order valence-corrected chi connectivity index (χ4v) is 18.8. The summed E-state index contributed by atoms with van der Waals surface area (Å²) in [5.74, 6) is -17.4. The number of nitrogens with two attached hydrogens (primary N) is 1. The van der Waals surface area contributed by atoms with Crippen LogP contribution in [0, 0.1) is 16.7 Å². The molecule has 0 spiro atoms. The van der Waals surface area contributed by atoms with Gasteiger partial charge in [0.1, 0.15) is 93.0 Å². The van der Waals surface area contributed by atoms with Gasteiger partial charge in [0.15, 0.2) is 101 Å². The van der Waals surface area contributed by atoms with Crippen LogP contribution in [-0.2, 0) is 35.2 Å². The number of benzene rings is 5. The second-order valence-electron chi connectivity index (χ2n) is 33.2. The first-order valence-corrected chi connectivity index (χ1v) is 45.1. The van der Waals surface area contributed by atoms with E-state index in [0.717, 1.165) is 83.0 Å². The summed E-state index contributed by atoms with van der Waals surface area (Å²) in [6.07, 6.45) is -15.6. The van der Waals surface area contributed by atoms with Gasteiger partial charge in [0.25, 0.3) is 5.91 Å². The van der Waals surface area contributed by atoms with E-state index in [1.807, 2.05) is 13.8 Å². The van der Waals surface area contributed by atoms with Crippen LogP contribution in [0.5, 0.6) is 46.0 Å². The largest absolute Gasteiger partial charge is 0.508 e. The molecule has 3 saturated heterocycles. The van der Waals surface area contributed by atoms with E-state index in [9.17, 15) is 107 Å². The number of oxime groups is 1. The van der Waals surface area contributed by atoms with E-state index in [4.69, 9.17) is 84.6 Å². The molecule has 0 aliphatic carbocycles. The first-order valence-electron chi connectivity index (χ1n) is 42.1. The topological polar surface area (TPSA) is 703 Å². The van der Waals surface area contributed by atoms with Crippen molar-refractivity contribution in [2.45, 2.75) is 181 Å². The van der Waals surface area contributed by atoms with Crippen LogP contribution in [0.15, 0.2) is 166 Å². The number of aliphatic hydroxyl groups excluding tert-OH is 15. The Morgan fingerprint density at radius 3 is 2.04 bits per heavy atom. The predicted octanol–water partition coefficient (Wildman–Crippen LogP) is 7.97. The monoisotopic (exact) mass is 1980 g/mol. The minimum Gasteiger partial charge on any atom is -0.508 e. The number of aromatic hydroxyl groups is 3. The number of rotatable bonds is 24. The standard InChI is InChI=1S/C87H95Cl3N16O28S2/c1-33(2)20-45(94-5)74(117)100-62-66(112)36-11-14-49(43(88)22-36)130-51-24-38-25-52(70(51)134-85-71(69(115)68(114)53(31-107)132-85)133-55-29-87(4,93)72(116)34(3)129-55)131-50-15-12-37(23-44(50)89)67(113)63-81(124)99-59(42-26-40(108)27-48(110)56(42)41-21-35(10-13-47(41)109)57(77(120)101-63)98-78(121)58(38)97-75(118)46(28-54(91)111)96-80(62)123)76(119)95-16-9-19-128-104-61(60-73(90)136-86(92)103-60)79(122)102-64-82(125)106-65(84(126)127)39(32-135-83(64)106)30-105-17-7-6-8-18-105/h6-8,10-15,17-18,21-27,33-34,45-46,53,55,57-59,62-64,66-69,71-72,83,85,94,107,112-116H,9,16,19-20,28-32,93H2,1-5H3,(H15-,91,92,95,96,97,98,99,100,101,102,103,104,108,109,110,111,117,118,119,120,121,122,123,124,126,127)/p+1/t34-,45+,46-,53+,55-,57+,58+,59?,62+,63-,64+,66+,67?,68+,69-,71+,72+,83+,85-,87-/m0/s1. The number of aromatic nitrogens is 2. The average Bonchev–Trinajstić information content (AvgIpc) is 0.767. The Bertz CT molecular complexity index is 6140. The number of hydrogen-bond donors (Lipinski definition) is 24. The lowest BCUT2D eigenvalue weighted by Crippen LogP contribution is -2.64. The molecule has 9 aliphatic heterocycles. The molecule has 20 atom stereocenters. The van der Waals surface area contributed by atoms with Crippen LogP contribution in [0.1, 0.15) is 117 Å². The van der Waals surface area contributed by atoms with Gasteiger partial charge in [-0.1, -0.05) is 89.4 Å². The Morgan fingerprint density at radius 2 is 1.42 bits per heavy atom. The van der Waals surface area contributed by atoms with Crippen LogP contribution in [0.4, 0.5) is 0 Å². The number of nitrogens with zero attached hydrogens (tertiary/aromatic N) is 11. The number of carbonyl (C=O) groups excluding carboxylic acids is 1. The van der Waals surface area contributed by atoms with Gasteiger partial charge in [-0.25, -0.2) is 44.3 Å². The first kappa shape index (κ1) is 99.6. The van der Waals surface area contributed by atoms with Gasteiger partial charge in [0, 0.05) is 71.1 Å². The number of ether oxygens (including phenoxy) is 6. The molecule has 136 heavy (non-hydrogen) atoms. The summed E-state index contributed by atoms with van der Waals surface area (Å²) in [6.45, 7) is 4.91. The normalized spacial score (nSPS) is 27.6. The third kappa shape index (κ3) is 21.4. The highest BCUT2D eigenvalue weighted by atomic mass is 35.5. The van der Waals surface area contributed by atoms with Crippen LogP contribution >= 0.6 is 57.9 Å². The van der Waals surface area contributed by atoms with Crippen LogP contribution in [0.2, 0.25) is 14.4 Å². The number of aliphatic imine (C=N–C) groups is 8. The minimum absolute atomic E-state index is 0.0920. The predicted molar refractivity (Wildman–Crippen MR) is 494 cm³/mol. The number of phenolic OH excluding ortho intramolecular Hbond substituents is 3. The van der Waals surface area contributed by atoms with Crippen LogP contribution in [-0.4, -0.2) is 300 Å². The van der Waals surface area contributed by atoms with Crippen molar-refractivity contribution in [3.63, 3.8) is 0 Å². The lowest BCUT2D eigenvalue weighted by atomic mass is 9.86. The molecule has 724 valence electrons. The number of carboxylic acid groups (broad SMARTS) is 1. The number of halogens is 3. The van der Waals surface area contributed by atoms with Crippen molar-refractivity contribution in [3.05, 3.63) is 173 Å². The number of carboxylic acids is 1. The van der Waals surface area contributed by atoms with Crippen LogP contribution in [0.3, 0.4) is 0 Å². The summed E-state index contributed by atoms with van der Waals surface area (Å²) >= 11 is 22.9. The maximum absolute atomic E-state index is 13.9. The molecule has 44 nitrogen and oxygen atoms in total. The molecule has 3 fully saturated rings. The Labute approximate surface area is 794 Å². The first-order chi connectivity index (χ1) is 64.6. The molecule has 0 saturated carbocycles. The van der Waals surface area contributed by atoms with E-state index in [0.29, 0.717) is 5.57 Å². The van der Waals surface area contributed by atoms with Gasteiger partial charge in [-0.2, -0.15) is 0 Å². The number of H-pyrrole nitrogens is 1. The molecule has 49 heteroatoms. The van der Waals surface area contributed by atoms with Gasteiger partial charge in [-0.3, -0.25) is 25.5 Å². The molecule has 11 heterocycles. The molecule has 7 aromatic rings. The maximum atomic E-state index is 13.9. The number of amides is 1. The number of aromatic amines is 1. The number of carbonyl (C=O) groups is 2. The number of hydrogen-bond acceptors (Lipinski definition) is 33. The molecule has 16 rings (SSSR count). The lowest BCUT2D eigenvalue weighted by Gasteiger charge is -2.47. The smallest absolute Gasteiger partial charge is 0.352 e. The van der Waals surface area contributed by atoms with E-state index in [2.05, 4.69) is 55.4 Å². The molecular formula is C87H96Cl3N16O28S2+. The number of aliphatic hydroxyl groups is 15. The number of pyridine rings is 1. The quantitative estimate of drug-likeness (QED) is 0.00680. The third-order valence-corrected chi connectivity index (χ3v) is 26.0. The van der Waals surface area contributed by atoms with Crippen molar-refractivity contribution in [1.29, 1.82) is 10.8 Å². The maximum Gasteiger partial charge on any atom is 0.352 e. The van der Waals surface area contributed by atoms with Crippen molar-refractivity contribution in [3.8, 4) is 57.1 Å². The number of fused-ring (bicyclic) bond motifs is 13. The summed E-state index contributed by atoms with van der Waals surface area (Å²) in [5, 5.41) is 250. The number of likely N-dealkylation sites (N-methyl/N-ethyl adjacent to an activating group) is 1. The summed E-state index contributed by atoms with van der Waals surface area (Å²) < 4.78 is 40.5. The summed E-state index contributed by atoms with van der Waals surface area (Å²) in [6, 6.07) is 3.57. The second kappa shape index (κ2) is 41.7. The number of β-lactam (4-membered cyclic amide) rings is 1. The molecule has 0 radical (unpaired) electrons. The van der Waals surface area contributed by atoms with Crippen LogP contribution in [0.25, 0.3) is 11.1 Å². The van der Waals surface area contributed by atoms with Gasteiger partial charge < -0.3 is 146 Å². The molecule has 2 unspecified atom stereocenters. The van der Waals surface area contributed by atoms with Crippen LogP contribution < -0.4 is 34.6 Å². The number of aliphatic carboxylic acids is 1.